The molecular formula is C10H13N7S. The Labute approximate surface area is 109 Å². The van der Waals surface area contributed by atoms with Gasteiger partial charge >= 0.3 is 0 Å². The van der Waals surface area contributed by atoms with Crippen molar-refractivity contribution in [3.63, 3.8) is 0 Å². The Morgan fingerprint density at radius 1 is 1.44 bits per heavy atom. The van der Waals surface area contributed by atoms with Crippen LogP contribution in [0.4, 0.5) is 5.82 Å². The quantitative estimate of drug-likeness (QED) is 0.751. The largest absolute Gasteiger partial charge is 0.388 e. The van der Waals surface area contributed by atoms with Gasteiger partial charge in [0.25, 0.3) is 0 Å². The van der Waals surface area contributed by atoms with E-state index >= 15 is 0 Å². The van der Waals surface area contributed by atoms with E-state index in [1.54, 1.807) is 18.7 Å². The van der Waals surface area contributed by atoms with Crippen molar-refractivity contribution in [3.8, 4) is 0 Å². The SMILES string of the molecule is CCn1cnnc1CNc1nccnc1C(N)=S. The molecule has 0 aliphatic heterocycles. The summed E-state index contributed by atoms with van der Waals surface area (Å²) < 4.78 is 1.93. The third-order valence-electron chi connectivity index (χ3n) is 2.38. The van der Waals surface area contributed by atoms with Crippen molar-refractivity contribution in [1.82, 2.24) is 24.7 Å². The molecule has 7 nitrogen and oxygen atoms in total. The fourth-order valence-corrected chi connectivity index (χ4v) is 1.64. The predicted molar refractivity (Wildman–Crippen MR) is 70.9 cm³/mol. The van der Waals surface area contributed by atoms with E-state index in [0.29, 0.717) is 18.1 Å². The van der Waals surface area contributed by atoms with E-state index in [1.165, 1.54) is 0 Å². The van der Waals surface area contributed by atoms with Crippen molar-refractivity contribution in [2.45, 2.75) is 20.0 Å². The molecule has 2 rings (SSSR count). The van der Waals surface area contributed by atoms with E-state index in [4.69, 9.17) is 18.0 Å². The molecule has 0 fully saturated rings. The van der Waals surface area contributed by atoms with Gasteiger partial charge in [0.2, 0.25) is 0 Å². The summed E-state index contributed by atoms with van der Waals surface area (Å²) in [4.78, 5) is 8.45. The van der Waals surface area contributed by atoms with Gasteiger partial charge in [0, 0.05) is 18.9 Å². The average molecular weight is 263 g/mol. The molecule has 0 aliphatic carbocycles. The summed E-state index contributed by atoms with van der Waals surface area (Å²) in [6.45, 7) is 3.32. The van der Waals surface area contributed by atoms with Crippen LogP contribution in [0.3, 0.4) is 0 Å². The van der Waals surface area contributed by atoms with Gasteiger partial charge in [-0.15, -0.1) is 10.2 Å². The van der Waals surface area contributed by atoms with Gasteiger partial charge in [0.15, 0.2) is 11.6 Å². The fraction of sp³-hybridized carbons (Fsp3) is 0.300. The minimum atomic E-state index is 0.211. The molecular weight excluding hydrogens is 250 g/mol. The highest BCUT2D eigenvalue weighted by molar-refractivity contribution is 7.80. The van der Waals surface area contributed by atoms with Crippen LogP contribution >= 0.6 is 12.2 Å². The van der Waals surface area contributed by atoms with Gasteiger partial charge < -0.3 is 15.6 Å². The minimum Gasteiger partial charge on any atom is -0.388 e. The second-order valence-corrected chi connectivity index (χ2v) is 3.94. The molecule has 0 aromatic carbocycles. The van der Waals surface area contributed by atoms with E-state index in [1.807, 2.05) is 11.5 Å². The highest BCUT2D eigenvalue weighted by atomic mass is 32.1. The van der Waals surface area contributed by atoms with Crippen LogP contribution in [-0.2, 0) is 13.1 Å². The first-order valence-corrected chi connectivity index (χ1v) is 5.84. The molecule has 0 saturated carbocycles. The van der Waals surface area contributed by atoms with Crippen molar-refractivity contribution in [2.75, 3.05) is 5.32 Å². The van der Waals surface area contributed by atoms with Gasteiger partial charge in [-0.1, -0.05) is 12.2 Å². The molecule has 2 aromatic rings. The number of hydrogen-bond donors (Lipinski definition) is 2. The molecule has 8 heteroatoms. The molecule has 0 radical (unpaired) electrons. The number of aryl methyl sites for hydroxylation is 1. The topological polar surface area (TPSA) is 94.5 Å². The number of nitrogens with one attached hydrogen (secondary N) is 1. The number of aromatic nitrogens is 5. The van der Waals surface area contributed by atoms with Crippen molar-refractivity contribution in [1.29, 1.82) is 0 Å². The maximum Gasteiger partial charge on any atom is 0.155 e. The Hall–Kier alpha value is -2.09. The van der Waals surface area contributed by atoms with E-state index < -0.39 is 0 Å². The lowest BCUT2D eigenvalue weighted by molar-refractivity contribution is 0.707. The summed E-state index contributed by atoms with van der Waals surface area (Å²) in [5, 5.41) is 11.0. The van der Waals surface area contributed by atoms with Gasteiger partial charge in [-0.05, 0) is 6.92 Å². The first-order valence-electron chi connectivity index (χ1n) is 5.43. The van der Waals surface area contributed by atoms with Crippen LogP contribution < -0.4 is 11.1 Å². The summed E-state index contributed by atoms with van der Waals surface area (Å²) in [7, 11) is 0. The van der Waals surface area contributed by atoms with Crippen LogP contribution in [-0.4, -0.2) is 29.7 Å². The van der Waals surface area contributed by atoms with Gasteiger partial charge in [-0.25, -0.2) is 9.97 Å². The zero-order chi connectivity index (χ0) is 13.0. The third-order valence-corrected chi connectivity index (χ3v) is 2.58. The molecule has 0 bridgehead atoms. The van der Waals surface area contributed by atoms with Gasteiger partial charge in [0.05, 0.1) is 6.54 Å². The number of anilines is 1. The smallest absolute Gasteiger partial charge is 0.155 e. The van der Waals surface area contributed by atoms with Gasteiger partial charge in [0.1, 0.15) is 17.0 Å². The molecule has 2 heterocycles. The van der Waals surface area contributed by atoms with E-state index in [9.17, 15) is 0 Å². The molecule has 0 spiro atoms. The van der Waals surface area contributed by atoms with E-state index in [0.717, 1.165) is 12.4 Å². The number of thiocarbonyl (C=S) groups is 1. The maximum atomic E-state index is 5.58. The molecule has 18 heavy (non-hydrogen) atoms. The van der Waals surface area contributed by atoms with Crippen LogP contribution in [0.15, 0.2) is 18.7 Å². The van der Waals surface area contributed by atoms with Crippen molar-refractivity contribution < 1.29 is 0 Å². The lowest BCUT2D eigenvalue weighted by Gasteiger charge is -2.08. The zero-order valence-corrected chi connectivity index (χ0v) is 10.7. The summed E-state index contributed by atoms with van der Waals surface area (Å²) in [5.41, 5.74) is 6.06. The van der Waals surface area contributed by atoms with Gasteiger partial charge in [-0.2, -0.15) is 0 Å². The van der Waals surface area contributed by atoms with Crippen LogP contribution in [0.25, 0.3) is 0 Å². The monoisotopic (exact) mass is 263 g/mol. The molecule has 0 atom stereocenters. The lowest BCUT2D eigenvalue weighted by atomic mass is 10.4. The Bertz CT molecular complexity index is 551. The first kappa shape index (κ1) is 12.4. The second kappa shape index (κ2) is 5.50. The summed E-state index contributed by atoms with van der Waals surface area (Å²) in [5.74, 6) is 1.37. The molecule has 0 unspecified atom stereocenters. The van der Waals surface area contributed by atoms with E-state index in [-0.39, 0.29) is 4.99 Å². The number of nitrogens with zero attached hydrogens (tertiary/aromatic N) is 5. The maximum absolute atomic E-state index is 5.58. The number of nitrogens with two attached hydrogens (primary N) is 1. The molecule has 0 aliphatic rings. The third kappa shape index (κ3) is 2.59. The second-order valence-electron chi connectivity index (χ2n) is 3.50. The zero-order valence-electron chi connectivity index (χ0n) is 9.87. The molecule has 0 amide bonds. The highest BCUT2D eigenvalue weighted by Gasteiger charge is 2.09. The summed E-state index contributed by atoms with van der Waals surface area (Å²) in [6, 6.07) is 0. The molecule has 0 saturated heterocycles. The Morgan fingerprint density at radius 3 is 2.94 bits per heavy atom. The molecule has 94 valence electrons. The van der Waals surface area contributed by atoms with Gasteiger partial charge in [-0.3, -0.25) is 0 Å². The standard InChI is InChI=1S/C10H13N7S/c1-2-17-6-15-16-7(17)5-14-10-8(9(11)18)12-3-4-13-10/h3-4,6H,2,5H2,1H3,(H2,11,18)(H,13,14). The minimum absolute atomic E-state index is 0.211. The number of rotatable bonds is 5. The fourth-order valence-electron chi connectivity index (χ4n) is 1.49. The molecule has 3 N–H and O–H groups in total. The average Bonchev–Trinajstić information content (AvgIpc) is 2.84. The molecule has 2 aromatic heterocycles. The highest BCUT2D eigenvalue weighted by Crippen LogP contribution is 2.09. The van der Waals surface area contributed by atoms with E-state index in [2.05, 4.69) is 25.5 Å². The van der Waals surface area contributed by atoms with Crippen molar-refractivity contribution in [2.24, 2.45) is 5.73 Å². The Morgan fingerprint density at radius 2 is 2.22 bits per heavy atom. The summed E-state index contributed by atoms with van der Waals surface area (Å²) >= 11 is 4.91. The predicted octanol–water partition coefficient (Wildman–Crippen LogP) is 0.334. The van der Waals surface area contributed by atoms with Crippen LogP contribution in [0.1, 0.15) is 18.4 Å². The van der Waals surface area contributed by atoms with Crippen LogP contribution in [0, 0.1) is 0 Å². The van der Waals surface area contributed by atoms with Crippen molar-refractivity contribution >= 4 is 23.0 Å². The number of hydrogen-bond acceptors (Lipinski definition) is 6. The first-order chi connectivity index (χ1) is 8.72. The lowest BCUT2D eigenvalue weighted by Crippen LogP contribution is -2.17. The van der Waals surface area contributed by atoms with Crippen LogP contribution in [0.5, 0.6) is 0 Å². The Kier molecular flexibility index (Phi) is 3.78. The summed E-state index contributed by atoms with van der Waals surface area (Å²) in [6.07, 6.45) is 4.81. The van der Waals surface area contributed by atoms with Crippen LogP contribution in [0.2, 0.25) is 0 Å². The normalized spacial score (nSPS) is 10.3. The Balaban J connectivity index is 2.13. The van der Waals surface area contributed by atoms with Crippen molar-refractivity contribution in [3.05, 3.63) is 30.2 Å².